The van der Waals surface area contributed by atoms with Crippen LogP contribution in [-0.2, 0) is 0 Å². The summed E-state index contributed by atoms with van der Waals surface area (Å²) in [5.74, 6) is 0.737. The van der Waals surface area contributed by atoms with E-state index in [1.807, 2.05) is 0 Å². The van der Waals surface area contributed by atoms with Crippen LogP contribution in [0.3, 0.4) is 0 Å². The van der Waals surface area contributed by atoms with Gasteiger partial charge in [-0.2, -0.15) is 0 Å². The lowest BCUT2D eigenvalue weighted by Gasteiger charge is -2.36. The maximum atomic E-state index is 9.18. The molecule has 0 spiro atoms. The van der Waals surface area contributed by atoms with Gasteiger partial charge in [0, 0.05) is 18.1 Å². The summed E-state index contributed by atoms with van der Waals surface area (Å²) in [6.45, 7) is 10.3. The first-order valence-electron chi connectivity index (χ1n) is 4.82. The highest BCUT2D eigenvalue weighted by Gasteiger charge is 2.35. The van der Waals surface area contributed by atoms with E-state index < -0.39 is 0 Å². The van der Waals surface area contributed by atoms with Gasteiger partial charge in [0.2, 0.25) is 0 Å². The summed E-state index contributed by atoms with van der Waals surface area (Å²) in [6, 6.07) is 0.389. The Morgan fingerprint density at radius 2 is 2.00 bits per heavy atom. The van der Waals surface area contributed by atoms with E-state index in [-0.39, 0.29) is 5.54 Å². The number of aliphatic hydroxyl groups is 1. The lowest BCUT2D eigenvalue weighted by Crippen LogP contribution is -2.46. The monoisotopic (exact) mass is 171 g/mol. The Hall–Kier alpha value is -0.0800. The van der Waals surface area contributed by atoms with Crippen molar-refractivity contribution < 1.29 is 5.11 Å². The van der Waals surface area contributed by atoms with Gasteiger partial charge in [0.25, 0.3) is 0 Å². The van der Waals surface area contributed by atoms with Crippen molar-refractivity contribution in [2.75, 3.05) is 13.2 Å². The first-order valence-corrected chi connectivity index (χ1v) is 4.82. The molecule has 1 rings (SSSR count). The molecular weight excluding hydrogens is 150 g/mol. The highest BCUT2D eigenvalue weighted by molar-refractivity contribution is 4.90. The lowest BCUT2D eigenvalue weighted by atomic mass is 10.1. The molecule has 0 amide bonds. The van der Waals surface area contributed by atoms with Crippen LogP contribution in [0.15, 0.2) is 0 Å². The number of hydrogen-bond acceptors (Lipinski definition) is 2. The third-order valence-corrected chi connectivity index (χ3v) is 2.70. The summed E-state index contributed by atoms with van der Waals surface area (Å²) < 4.78 is 0. The van der Waals surface area contributed by atoms with Gasteiger partial charge < -0.3 is 5.11 Å². The van der Waals surface area contributed by atoms with E-state index in [1.54, 1.807) is 0 Å². The second-order valence-electron chi connectivity index (χ2n) is 5.00. The molecule has 1 N–H and O–H groups in total. The van der Waals surface area contributed by atoms with Gasteiger partial charge in [-0.25, -0.2) is 0 Å². The minimum atomic E-state index is 0.207. The number of aliphatic hydroxyl groups excluding tert-OH is 1. The van der Waals surface area contributed by atoms with Gasteiger partial charge in [-0.1, -0.05) is 6.92 Å². The summed E-state index contributed by atoms with van der Waals surface area (Å²) in [6.07, 6.45) is 1.15. The zero-order valence-corrected chi connectivity index (χ0v) is 8.67. The van der Waals surface area contributed by atoms with Crippen molar-refractivity contribution in [2.45, 2.75) is 45.7 Å². The SMILES string of the molecule is C[C@@H]1C[C@@H](CO)N(C(C)(C)C)C1. The number of likely N-dealkylation sites (tertiary alicyclic amines) is 1. The average molecular weight is 171 g/mol. The Labute approximate surface area is 75.6 Å². The highest BCUT2D eigenvalue weighted by Crippen LogP contribution is 2.29. The summed E-state index contributed by atoms with van der Waals surface area (Å²) >= 11 is 0. The Bertz CT molecular complexity index is 150. The smallest absolute Gasteiger partial charge is 0.0587 e. The zero-order chi connectivity index (χ0) is 9.35. The van der Waals surface area contributed by atoms with Crippen LogP contribution >= 0.6 is 0 Å². The summed E-state index contributed by atoms with van der Waals surface area (Å²) in [4.78, 5) is 2.41. The Morgan fingerprint density at radius 1 is 1.42 bits per heavy atom. The van der Waals surface area contributed by atoms with E-state index in [2.05, 4.69) is 32.6 Å². The maximum Gasteiger partial charge on any atom is 0.0587 e. The molecule has 1 aliphatic heterocycles. The van der Waals surface area contributed by atoms with Gasteiger partial charge in [0.05, 0.1) is 6.61 Å². The van der Waals surface area contributed by atoms with Crippen LogP contribution < -0.4 is 0 Å². The van der Waals surface area contributed by atoms with Crippen molar-refractivity contribution in [3.63, 3.8) is 0 Å². The summed E-state index contributed by atoms with van der Waals surface area (Å²) in [7, 11) is 0. The molecule has 0 unspecified atom stereocenters. The fourth-order valence-corrected chi connectivity index (χ4v) is 2.15. The van der Waals surface area contributed by atoms with Gasteiger partial charge >= 0.3 is 0 Å². The first-order chi connectivity index (χ1) is 5.45. The molecule has 1 fully saturated rings. The molecule has 2 atom stereocenters. The molecule has 12 heavy (non-hydrogen) atoms. The molecule has 0 aliphatic carbocycles. The molecule has 0 aromatic carbocycles. The molecule has 2 heteroatoms. The second kappa shape index (κ2) is 3.35. The predicted octanol–water partition coefficient (Wildman–Crippen LogP) is 1.49. The van der Waals surface area contributed by atoms with E-state index in [1.165, 1.54) is 0 Å². The molecule has 1 aliphatic rings. The van der Waals surface area contributed by atoms with Crippen LogP contribution in [0.4, 0.5) is 0 Å². The van der Waals surface area contributed by atoms with Crippen LogP contribution in [0.25, 0.3) is 0 Å². The van der Waals surface area contributed by atoms with Crippen molar-refractivity contribution >= 4 is 0 Å². The van der Waals surface area contributed by atoms with Crippen LogP contribution in [-0.4, -0.2) is 34.7 Å². The molecular formula is C10H21NO. The van der Waals surface area contributed by atoms with Crippen molar-refractivity contribution in [3.05, 3.63) is 0 Å². The third-order valence-electron chi connectivity index (χ3n) is 2.70. The molecule has 0 aromatic rings. The van der Waals surface area contributed by atoms with Crippen molar-refractivity contribution in [1.82, 2.24) is 4.90 Å². The van der Waals surface area contributed by atoms with Crippen molar-refractivity contribution in [2.24, 2.45) is 5.92 Å². The summed E-state index contributed by atoms with van der Waals surface area (Å²) in [5.41, 5.74) is 0.207. The molecule has 0 saturated carbocycles. The Morgan fingerprint density at radius 3 is 2.33 bits per heavy atom. The van der Waals surface area contributed by atoms with E-state index in [0.717, 1.165) is 18.9 Å². The molecule has 0 bridgehead atoms. The third kappa shape index (κ3) is 1.99. The van der Waals surface area contributed by atoms with E-state index >= 15 is 0 Å². The Kier molecular flexibility index (Phi) is 2.79. The van der Waals surface area contributed by atoms with Gasteiger partial charge in [-0.3, -0.25) is 4.90 Å². The topological polar surface area (TPSA) is 23.5 Å². The maximum absolute atomic E-state index is 9.18. The van der Waals surface area contributed by atoms with Gasteiger partial charge in [-0.15, -0.1) is 0 Å². The fraction of sp³-hybridized carbons (Fsp3) is 1.00. The quantitative estimate of drug-likeness (QED) is 0.646. The minimum absolute atomic E-state index is 0.207. The van der Waals surface area contributed by atoms with Crippen molar-refractivity contribution in [3.8, 4) is 0 Å². The molecule has 1 heterocycles. The first kappa shape index (κ1) is 10.0. The number of hydrogen-bond donors (Lipinski definition) is 1. The van der Waals surface area contributed by atoms with E-state index in [9.17, 15) is 5.11 Å². The zero-order valence-electron chi connectivity index (χ0n) is 8.67. The van der Waals surface area contributed by atoms with Gasteiger partial charge in [0.1, 0.15) is 0 Å². The molecule has 0 radical (unpaired) electrons. The minimum Gasteiger partial charge on any atom is -0.395 e. The van der Waals surface area contributed by atoms with Crippen LogP contribution in [0.1, 0.15) is 34.1 Å². The lowest BCUT2D eigenvalue weighted by molar-refractivity contribution is 0.0795. The van der Waals surface area contributed by atoms with Gasteiger partial charge in [0.15, 0.2) is 0 Å². The van der Waals surface area contributed by atoms with E-state index in [0.29, 0.717) is 12.6 Å². The van der Waals surface area contributed by atoms with E-state index in [4.69, 9.17) is 0 Å². The van der Waals surface area contributed by atoms with Crippen LogP contribution in [0.5, 0.6) is 0 Å². The van der Waals surface area contributed by atoms with Crippen LogP contribution in [0.2, 0.25) is 0 Å². The normalized spacial score (nSPS) is 32.8. The Balaban J connectivity index is 2.64. The molecule has 72 valence electrons. The standard InChI is InChI=1S/C10H21NO/c1-8-5-9(7-12)11(6-8)10(2,3)4/h8-9,12H,5-7H2,1-4H3/t8-,9+/m1/s1. The second-order valence-corrected chi connectivity index (χ2v) is 5.00. The predicted molar refractivity (Wildman–Crippen MR) is 51.1 cm³/mol. The largest absolute Gasteiger partial charge is 0.395 e. The van der Waals surface area contributed by atoms with Crippen LogP contribution in [0, 0.1) is 5.92 Å². The van der Waals surface area contributed by atoms with Crippen molar-refractivity contribution in [1.29, 1.82) is 0 Å². The molecule has 1 saturated heterocycles. The average Bonchev–Trinajstić information content (AvgIpc) is 2.29. The highest BCUT2D eigenvalue weighted by atomic mass is 16.3. The molecule has 2 nitrogen and oxygen atoms in total. The number of rotatable bonds is 1. The van der Waals surface area contributed by atoms with Gasteiger partial charge in [-0.05, 0) is 33.1 Å². The fourth-order valence-electron chi connectivity index (χ4n) is 2.15. The molecule has 0 aromatic heterocycles. The number of nitrogens with zero attached hydrogens (tertiary/aromatic N) is 1. The summed E-state index contributed by atoms with van der Waals surface area (Å²) in [5, 5.41) is 9.18.